The molecule has 1 saturated heterocycles. The fourth-order valence-corrected chi connectivity index (χ4v) is 6.19. The summed E-state index contributed by atoms with van der Waals surface area (Å²) in [5.74, 6) is -0.0559. The van der Waals surface area contributed by atoms with Gasteiger partial charge in [-0.2, -0.15) is 0 Å². The molecule has 1 amide bonds. The van der Waals surface area contributed by atoms with Crippen LogP contribution in [0, 0.1) is 5.92 Å². The summed E-state index contributed by atoms with van der Waals surface area (Å²) in [6.07, 6.45) is 5.21. The third-order valence-electron chi connectivity index (χ3n) is 6.23. The number of hydrogen-bond donors (Lipinski definition) is 1. The van der Waals surface area contributed by atoms with Crippen LogP contribution >= 0.6 is 0 Å². The average molecular weight is 423 g/mol. The summed E-state index contributed by atoms with van der Waals surface area (Å²) in [6, 6.07) is 9.13. The van der Waals surface area contributed by atoms with Gasteiger partial charge in [0.15, 0.2) is 0 Å². The van der Waals surface area contributed by atoms with Crippen LogP contribution in [0.4, 0.5) is 0 Å². The number of hydrogen-bond acceptors (Lipinski definition) is 4. The number of carbonyl (C=O) groups excluding carboxylic acids is 1. The minimum Gasteiger partial charge on any atom is -0.391 e. The number of piperidine rings is 1. The van der Waals surface area contributed by atoms with Crippen molar-refractivity contribution in [3.63, 3.8) is 0 Å². The van der Waals surface area contributed by atoms with Gasteiger partial charge in [-0.15, -0.1) is 0 Å². The Morgan fingerprint density at radius 1 is 1.10 bits per heavy atom. The van der Waals surface area contributed by atoms with Gasteiger partial charge in [-0.05, 0) is 37.7 Å². The largest absolute Gasteiger partial charge is 0.391 e. The monoisotopic (exact) mass is 422 g/mol. The highest BCUT2D eigenvalue weighted by Crippen LogP contribution is 2.28. The number of benzene rings is 1. The molecule has 1 saturated carbocycles. The summed E-state index contributed by atoms with van der Waals surface area (Å²) in [5, 5.41) is 10.4. The molecule has 162 valence electrons. The topological polar surface area (TPSA) is 77.9 Å². The quantitative estimate of drug-likeness (QED) is 0.733. The number of carbonyl (C=O) groups is 1. The normalized spacial score (nSPS) is 24.3. The van der Waals surface area contributed by atoms with Gasteiger partial charge in [-0.3, -0.25) is 4.79 Å². The number of rotatable bonds is 7. The summed E-state index contributed by atoms with van der Waals surface area (Å²) >= 11 is 0. The van der Waals surface area contributed by atoms with Gasteiger partial charge in [0.25, 0.3) is 0 Å². The molecule has 2 aliphatic rings. The fraction of sp³-hybridized carbons (Fsp3) is 0.682. The van der Waals surface area contributed by atoms with Gasteiger partial charge in [0, 0.05) is 25.6 Å². The molecule has 1 N–H and O–H groups in total. The molecule has 0 spiro atoms. The van der Waals surface area contributed by atoms with Crippen molar-refractivity contribution < 1.29 is 18.3 Å². The van der Waals surface area contributed by atoms with Crippen LogP contribution < -0.4 is 0 Å². The zero-order valence-corrected chi connectivity index (χ0v) is 18.2. The maximum absolute atomic E-state index is 13.2. The molecule has 1 aromatic rings. The standard InChI is InChI=1S/C22H34N2O4S/c1-2-14-24(20-10-6-7-11-21(20)25)22(26)19-12-15-23(16-13-19)29(27,28)17-18-8-4-3-5-9-18/h3-5,8-9,19-21,25H,2,6-7,10-17H2,1H3/t20-,21-/m1/s1. The van der Waals surface area contributed by atoms with Crippen LogP contribution in [0.3, 0.4) is 0 Å². The van der Waals surface area contributed by atoms with Gasteiger partial charge in [0.2, 0.25) is 15.9 Å². The number of sulfonamides is 1. The van der Waals surface area contributed by atoms with Crippen molar-refractivity contribution in [3.8, 4) is 0 Å². The SMILES string of the molecule is CCCN(C(=O)C1CCN(S(=O)(=O)Cc2ccccc2)CC1)[C@@H]1CCCC[C@H]1O. The van der Waals surface area contributed by atoms with Crippen molar-refractivity contribution in [2.24, 2.45) is 5.92 Å². The van der Waals surface area contributed by atoms with Gasteiger partial charge >= 0.3 is 0 Å². The van der Waals surface area contributed by atoms with Crippen molar-refractivity contribution in [3.05, 3.63) is 35.9 Å². The molecule has 0 unspecified atom stereocenters. The molecule has 3 rings (SSSR count). The second-order valence-corrected chi connectivity index (χ2v) is 10.3. The van der Waals surface area contributed by atoms with Gasteiger partial charge in [0.05, 0.1) is 17.9 Å². The molecule has 0 aromatic heterocycles. The van der Waals surface area contributed by atoms with E-state index in [0.717, 1.165) is 37.7 Å². The molecule has 0 radical (unpaired) electrons. The number of amides is 1. The first-order valence-corrected chi connectivity index (χ1v) is 12.5. The van der Waals surface area contributed by atoms with Gasteiger partial charge in [-0.1, -0.05) is 50.1 Å². The molecular weight excluding hydrogens is 388 g/mol. The van der Waals surface area contributed by atoms with E-state index in [1.54, 1.807) is 0 Å². The van der Waals surface area contributed by atoms with E-state index in [1.165, 1.54) is 4.31 Å². The summed E-state index contributed by atoms with van der Waals surface area (Å²) in [5.41, 5.74) is 0.783. The molecule has 2 fully saturated rings. The molecule has 0 bridgehead atoms. The molecule has 1 aliphatic carbocycles. The lowest BCUT2D eigenvalue weighted by atomic mass is 9.89. The molecule has 7 heteroatoms. The highest BCUT2D eigenvalue weighted by atomic mass is 32.2. The Hall–Kier alpha value is -1.44. The lowest BCUT2D eigenvalue weighted by molar-refractivity contribution is -0.143. The number of aliphatic hydroxyl groups is 1. The molecule has 2 atom stereocenters. The minimum atomic E-state index is -3.38. The van der Waals surface area contributed by atoms with Crippen molar-refractivity contribution in [1.82, 2.24) is 9.21 Å². The average Bonchev–Trinajstić information content (AvgIpc) is 2.73. The first kappa shape index (κ1) is 22.2. The van der Waals surface area contributed by atoms with E-state index < -0.39 is 16.1 Å². The Balaban J connectivity index is 1.60. The summed E-state index contributed by atoms with van der Waals surface area (Å²) < 4.78 is 27.0. The van der Waals surface area contributed by atoms with Crippen molar-refractivity contribution >= 4 is 15.9 Å². The van der Waals surface area contributed by atoms with E-state index >= 15 is 0 Å². The second-order valence-electron chi connectivity index (χ2n) is 8.37. The maximum Gasteiger partial charge on any atom is 0.226 e. The van der Waals surface area contributed by atoms with Crippen LogP contribution in [0.15, 0.2) is 30.3 Å². The Kier molecular flexibility index (Phi) is 7.71. The Bertz CT molecular complexity index is 760. The van der Waals surface area contributed by atoms with Gasteiger partial charge in [-0.25, -0.2) is 12.7 Å². The molecule has 1 aliphatic heterocycles. The van der Waals surface area contributed by atoms with Crippen LogP contribution in [0.2, 0.25) is 0 Å². The third-order valence-corrected chi connectivity index (χ3v) is 8.08. The Morgan fingerprint density at radius 3 is 2.38 bits per heavy atom. The smallest absolute Gasteiger partial charge is 0.226 e. The van der Waals surface area contributed by atoms with E-state index in [2.05, 4.69) is 0 Å². The minimum absolute atomic E-state index is 0.00266. The van der Waals surface area contributed by atoms with Crippen LogP contribution in [0.25, 0.3) is 0 Å². The van der Waals surface area contributed by atoms with Gasteiger partial charge < -0.3 is 10.0 Å². The summed E-state index contributed by atoms with van der Waals surface area (Å²) in [7, 11) is -3.38. The summed E-state index contributed by atoms with van der Waals surface area (Å²) in [6.45, 7) is 3.48. The van der Waals surface area contributed by atoms with Crippen LogP contribution in [0.5, 0.6) is 0 Å². The number of aliphatic hydroxyl groups excluding tert-OH is 1. The van der Waals surface area contributed by atoms with E-state index in [1.807, 2.05) is 42.2 Å². The summed E-state index contributed by atoms with van der Waals surface area (Å²) in [4.78, 5) is 15.1. The number of nitrogens with zero attached hydrogens (tertiary/aromatic N) is 2. The molecular formula is C22H34N2O4S. The van der Waals surface area contributed by atoms with E-state index in [4.69, 9.17) is 0 Å². The maximum atomic E-state index is 13.2. The lowest BCUT2D eigenvalue weighted by Crippen LogP contribution is -2.52. The highest BCUT2D eigenvalue weighted by molar-refractivity contribution is 7.88. The van der Waals surface area contributed by atoms with Crippen LogP contribution in [-0.4, -0.2) is 60.4 Å². The van der Waals surface area contributed by atoms with Crippen molar-refractivity contribution in [1.29, 1.82) is 0 Å². The van der Waals surface area contributed by atoms with Crippen LogP contribution in [-0.2, 0) is 20.6 Å². The predicted octanol–water partition coefficient (Wildman–Crippen LogP) is 2.77. The zero-order valence-electron chi connectivity index (χ0n) is 17.4. The molecule has 1 aromatic carbocycles. The fourth-order valence-electron chi connectivity index (χ4n) is 4.63. The van der Waals surface area contributed by atoms with E-state index in [-0.39, 0.29) is 23.6 Å². The second kappa shape index (κ2) is 10.0. The molecule has 29 heavy (non-hydrogen) atoms. The predicted molar refractivity (Wildman–Crippen MR) is 114 cm³/mol. The molecule has 1 heterocycles. The van der Waals surface area contributed by atoms with E-state index in [0.29, 0.717) is 32.5 Å². The van der Waals surface area contributed by atoms with E-state index in [9.17, 15) is 18.3 Å². The zero-order chi connectivity index (χ0) is 20.9. The van der Waals surface area contributed by atoms with Crippen LogP contribution in [0.1, 0.15) is 57.4 Å². The van der Waals surface area contributed by atoms with Crippen molar-refractivity contribution in [2.45, 2.75) is 69.8 Å². The van der Waals surface area contributed by atoms with Crippen molar-refractivity contribution in [2.75, 3.05) is 19.6 Å². The Labute approximate surface area is 174 Å². The van der Waals surface area contributed by atoms with Gasteiger partial charge in [0.1, 0.15) is 0 Å². The molecule has 6 nitrogen and oxygen atoms in total. The first-order valence-electron chi connectivity index (χ1n) is 10.9. The third kappa shape index (κ3) is 5.58. The lowest BCUT2D eigenvalue weighted by Gasteiger charge is -2.40. The highest BCUT2D eigenvalue weighted by Gasteiger charge is 2.37. The Morgan fingerprint density at radius 2 is 1.76 bits per heavy atom. The first-order chi connectivity index (χ1) is 13.9.